The number of hydrogen-bond acceptors (Lipinski definition) is 1. The van der Waals surface area contributed by atoms with Crippen LogP contribution in [0.3, 0.4) is 0 Å². The zero-order chi connectivity index (χ0) is 16.6. The highest BCUT2D eigenvalue weighted by Gasteiger charge is 2.23. The molecule has 0 atom stereocenters. The molecule has 0 spiro atoms. The van der Waals surface area contributed by atoms with Gasteiger partial charge in [-0.15, -0.1) is 0 Å². The second-order valence-corrected chi connectivity index (χ2v) is 6.83. The summed E-state index contributed by atoms with van der Waals surface area (Å²) >= 11 is 0. The Kier molecular flexibility index (Phi) is 6.12. The van der Waals surface area contributed by atoms with Crippen molar-refractivity contribution in [2.24, 2.45) is 5.92 Å². The molecule has 0 saturated heterocycles. The molecule has 1 aliphatic rings. The van der Waals surface area contributed by atoms with E-state index in [-0.39, 0.29) is 0 Å². The fourth-order valence-corrected chi connectivity index (χ4v) is 3.72. The van der Waals surface area contributed by atoms with Gasteiger partial charge in [-0.2, -0.15) is 0 Å². The van der Waals surface area contributed by atoms with E-state index < -0.39 is 0 Å². The second kappa shape index (κ2) is 8.73. The molecule has 0 heterocycles. The molecule has 1 fully saturated rings. The lowest BCUT2D eigenvalue weighted by atomic mass is 9.77. The van der Waals surface area contributed by atoms with Gasteiger partial charge in [-0.25, -0.2) is 0 Å². The van der Waals surface area contributed by atoms with Crippen molar-refractivity contribution in [2.75, 3.05) is 0 Å². The Morgan fingerprint density at radius 1 is 0.917 bits per heavy atom. The van der Waals surface area contributed by atoms with E-state index in [1.807, 2.05) is 6.07 Å². The maximum absolute atomic E-state index is 6.16. The predicted molar refractivity (Wildman–Crippen MR) is 101 cm³/mol. The van der Waals surface area contributed by atoms with Crippen LogP contribution in [0.4, 0.5) is 0 Å². The summed E-state index contributed by atoms with van der Waals surface area (Å²) in [6.45, 7) is 2.76. The summed E-state index contributed by atoms with van der Waals surface area (Å²) in [6.07, 6.45) is 11.0. The predicted octanol–water partition coefficient (Wildman–Crippen LogP) is 6.51. The van der Waals surface area contributed by atoms with Crippen LogP contribution in [0, 0.1) is 5.92 Å². The number of allylic oxidation sites excluding steroid dienone is 2. The minimum absolute atomic E-state index is 0.647. The number of para-hydroxylation sites is 1. The molecular weight excluding hydrogens is 292 g/mol. The third-order valence-corrected chi connectivity index (χ3v) is 5.15. The Morgan fingerprint density at radius 3 is 2.38 bits per heavy atom. The first-order valence-corrected chi connectivity index (χ1v) is 9.23. The largest absolute Gasteiger partial charge is 0.489 e. The lowest BCUT2D eigenvalue weighted by Gasteiger charge is -2.29. The van der Waals surface area contributed by atoms with Crippen LogP contribution < -0.4 is 4.74 Å². The first kappa shape index (κ1) is 16.8. The molecule has 126 valence electrons. The van der Waals surface area contributed by atoms with Gasteiger partial charge < -0.3 is 4.74 Å². The number of benzene rings is 2. The van der Waals surface area contributed by atoms with Crippen LogP contribution in [0.5, 0.6) is 5.75 Å². The van der Waals surface area contributed by atoms with Gasteiger partial charge in [0.25, 0.3) is 0 Å². The highest BCUT2D eigenvalue weighted by Crippen LogP contribution is 2.40. The van der Waals surface area contributed by atoms with Crippen LogP contribution in [0.15, 0.2) is 66.7 Å². The molecule has 1 saturated carbocycles. The highest BCUT2D eigenvalue weighted by atomic mass is 16.5. The molecule has 0 aliphatic heterocycles. The highest BCUT2D eigenvalue weighted by molar-refractivity contribution is 5.36. The third kappa shape index (κ3) is 4.50. The standard InChI is InChI=1S/C23H28O/c1-2-3-9-19-14-16-21(17-15-19)22-12-7-8-13-23(22)24-18-20-10-5-4-6-11-20/h2-8,10-13,19,21H,9,14-18H2,1H3/b3-2+. The van der Waals surface area contributed by atoms with Gasteiger partial charge in [-0.1, -0.05) is 60.7 Å². The quantitative estimate of drug-likeness (QED) is 0.552. The van der Waals surface area contributed by atoms with Gasteiger partial charge in [-0.05, 0) is 68.1 Å². The first-order valence-electron chi connectivity index (χ1n) is 9.23. The number of hydrogen-bond donors (Lipinski definition) is 0. The average Bonchev–Trinajstić information content (AvgIpc) is 2.66. The first-order chi connectivity index (χ1) is 11.9. The van der Waals surface area contributed by atoms with Gasteiger partial charge in [0.1, 0.15) is 12.4 Å². The summed E-state index contributed by atoms with van der Waals surface area (Å²) in [5, 5.41) is 0. The molecule has 3 rings (SSSR count). The summed E-state index contributed by atoms with van der Waals surface area (Å²) in [6, 6.07) is 19.0. The molecule has 0 bridgehead atoms. The van der Waals surface area contributed by atoms with E-state index in [2.05, 4.69) is 67.6 Å². The topological polar surface area (TPSA) is 9.23 Å². The Balaban J connectivity index is 1.62. The molecule has 0 N–H and O–H groups in total. The van der Waals surface area contributed by atoms with E-state index in [0.717, 1.165) is 11.7 Å². The van der Waals surface area contributed by atoms with Crippen molar-refractivity contribution in [3.63, 3.8) is 0 Å². The van der Waals surface area contributed by atoms with Gasteiger partial charge in [0, 0.05) is 0 Å². The number of ether oxygens (including phenoxy) is 1. The normalized spacial score (nSPS) is 21.0. The molecule has 1 aliphatic carbocycles. The van der Waals surface area contributed by atoms with Crippen molar-refractivity contribution < 1.29 is 4.74 Å². The molecule has 2 aromatic carbocycles. The summed E-state index contributed by atoms with van der Waals surface area (Å²) in [5.41, 5.74) is 2.63. The van der Waals surface area contributed by atoms with Gasteiger partial charge in [0.05, 0.1) is 0 Å². The molecule has 24 heavy (non-hydrogen) atoms. The Hall–Kier alpha value is -2.02. The van der Waals surface area contributed by atoms with Gasteiger partial charge in [0.2, 0.25) is 0 Å². The Labute approximate surface area is 146 Å². The monoisotopic (exact) mass is 320 g/mol. The van der Waals surface area contributed by atoms with Crippen molar-refractivity contribution in [2.45, 2.75) is 51.6 Å². The van der Waals surface area contributed by atoms with Gasteiger partial charge in [0.15, 0.2) is 0 Å². The van der Waals surface area contributed by atoms with Crippen molar-refractivity contribution in [3.05, 3.63) is 77.9 Å². The smallest absolute Gasteiger partial charge is 0.123 e. The van der Waals surface area contributed by atoms with Crippen LogP contribution in [-0.4, -0.2) is 0 Å². The van der Waals surface area contributed by atoms with Crippen molar-refractivity contribution in [1.29, 1.82) is 0 Å². The molecule has 0 amide bonds. The van der Waals surface area contributed by atoms with Crippen molar-refractivity contribution >= 4 is 0 Å². The lowest BCUT2D eigenvalue weighted by molar-refractivity contribution is 0.287. The Bertz CT molecular complexity index is 636. The SMILES string of the molecule is C/C=C/CC1CCC(c2ccccc2OCc2ccccc2)CC1. The zero-order valence-corrected chi connectivity index (χ0v) is 14.7. The minimum Gasteiger partial charge on any atom is -0.489 e. The van der Waals surface area contributed by atoms with Crippen LogP contribution in [0.1, 0.15) is 56.1 Å². The van der Waals surface area contributed by atoms with E-state index in [9.17, 15) is 0 Å². The molecule has 0 aromatic heterocycles. The number of rotatable bonds is 6. The van der Waals surface area contributed by atoms with E-state index in [0.29, 0.717) is 12.5 Å². The van der Waals surface area contributed by atoms with Crippen LogP contribution in [0.2, 0.25) is 0 Å². The zero-order valence-electron chi connectivity index (χ0n) is 14.7. The minimum atomic E-state index is 0.647. The van der Waals surface area contributed by atoms with Crippen LogP contribution in [-0.2, 0) is 6.61 Å². The average molecular weight is 320 g/mol. The van der Waals surface area contributed by atoms with Crippen molar-refractivity contribution in [1.82, 2.24) is 0 Å². The van der Waals surface area contributed by atoms with Crippen molar-refractivity contribution in [3.8, 4) is 5.75 Å². The van der Waals surface area contributed by atoms with Gasteiger partial charge in [-0.3, -0.25) is 0 Å². The van der Waals surface area contributed by atoms with E-state index in [1.54, 1.807) is 0 Å². The Morgan fingerprint density at radius 2 is 1.62 bits per heavy atom. The van der Waals surface area contributed by atoms with E-state index in [4.69, 9.17) is 4.74 Å². The second-order valence-electron chi connectivity index (χ2n) is 6.83. The van der Waals surface area contributed by atoms with Crippen LogP contribution >= 0.6 is 0 Å². The molecule has 1 heteroatoms. The van der Waals surface area contributed by atoms with Gasteiger partial charge >= 0.3 is 0 Å². The fourth-order valence-electron chi connectivity index (χ4n) is 3.72. The molecule has 2 aromatic rings. The molecule has 0 radical (unpaired) electrons. The maximum Gasteiger partial charge on any atom is 0.123 e. The van der Waals surface area contributed by atoms with Crippen LogP contribution in [0.25, 0.3) is 0 Å². The molecule has 1 nitrogen and oxygen atoms in total. The summed E-state index contributed by atoms with van der Waals surface area (Å²) in [4.78, 5) is 0. The maximum atomic E-state index is 6.16. The third-order valence-electron chi connectivity index (χ3n) is 5.15. The molecule has 0 unspecified atom stereocenters. The van der Waals surface area contributed by atoms with E-state index >= 15 is 0 Å². The summed E-state index contributed by atoms with van der Waals surface area (Å²) < 4.78 is 6.16. The summed E-state index contributed by atoms with van der Waals surface area (Å²) in [5.74, 6) is 2.59. The lowest BCUT2D eigenvalue weighted by Crippen LogP contribution is -2.13. The van der Waals surface area contributed by atoms with E-state index in [1.165, 1.54) is 43.2 Å². The summed E-state index contributed by atoms with van der Waals surface area (Å²) in [7, 11) is 0. The fraction of sp³-hybridized carbons (Fsp3) is 0.391. The molecular formula is C23H28O.